The van der Waals surface area contributed by atoms with Gasteiger partial charge in [0.1, 0.15) is 22.2 Å². The van der Waals surface area contributed by atoms with Gasteiger partial charge in [0.2, 0.25) is 0 Å². The molecular weight excluding hydrogens is 425 g/mol. The Balaban J connectivity index is 1.86. The number of nitrogens with zero attached hydrogens (tertiary/aromatic N) is 2. The summed E-state index contributed by atoms with van der Waals surface area (Å²) in [6.45, 7) is 6.61. The highest BCUT2D eigenvalue weighted by atomic mass is 35.5. The first kappa shape index (κ1) is 20.0. The predicted octanol–water partition coefficient (Wildman–Crippen LogP) is 7.42. The number of hydrogen-bond acceptors (Lipinski definition) is 5. The van der Waals surface area contributed by atoms with E-state index in [-0.39, 0.29) is 0 Å². The molecule has 148 valence electrons. The monoisotopic (exact) mass is 443 g/mol. The quantitative estimate of drug-likeness (QED) is 0.348. The summed E-state index contributed by atoms with van der Waals surface area (Å²) in [4.78, 5) is 11.5. The van der Waals surface area contributed by atoms with Gasteiger partial charge in [-0.1, -0.05) is 35.3 Å². The fourth-order valence-electron chi connectivity index (χ4n) is 3.30. The SMILES string of the molecule is CCOc1ccc(-c2c(C)sc3nc(C)nc(Nc4cc(Cl)cc(Cl)c4)c23)cc1. The Bertz CT molecular complexity index is 1170. The molecule has 0 bridgehead atoms. The van der Waals surface area contributed by atoms with E-state index in [1.807, 2.05) is 38.1 Å². The molecule has 29 heavy (non-hydrogen) atoms. The smallest absolute Gasteiger partial charge is 0.143 e. The maximum Gasteiger partial charge on any atom is 0.143 e. The fourth-order valence-corrected chi connectivity index (χ4v) is 4.92. The van der Waals surface area contributed by atoms with E-state index in [4.69, 9.17) is 27.9 Å². The van der Waals surface area contributed by atoms with Gasteiger partial charge >= 0.3 is 0 Å². The van der Waals surface area contributed by atoms with Crippen LogP contribution in [0.5, 0.6) is 5.75 Å². The largest absolute Gasteiger partial charge is 0.494 e. The minimum absolute atomic E-state index is 0.565. The molecule has 0 spiro atoms. The summed E-state index contributed by atoms with van der Waals surface area (Å²) in [5.41, 5.74) is 2.99. The second-order valence-electron chi connectivity index (χ2n) is 6.57. The zero-order valence-electron chi connectivity index (χ0n) is 16.2. The highest BCUT2D eigenvalue weighted by molar-refractivity contribution is 7.19. The van der Waals surface area contributed by atoms with Crippen molar-refractivity contribution in [3.8, 4) is 16.9 Å². The van der Waals surface area contributed by atoms with Crippen LogP contribution < -0.4 is 10.1 Å². The lowest BCUT2D eigenvalue weighted by Gasteiger charge is -2.11. The van der Waals surface area contributed by atoms with Crippen LogP contribution in [0.1, 0.15) is 17.6 Å². The van der Waals surface area contributed by atoms with Crippen LogP contribution in [0.15, 0.2) is 42.5 Å². The van der Waals surface area contributed by atoms with Gasteiger partial charge in [-0.15, -0.1) is 11.3 Å². The Morgan fingerprint density at radius 1 is 1.00 bits per heavy atom. The van der Waals surface area contributed by atoms with Crippen molar-refractivity contribution in [3.63, 3.8) is 0 Å². The number of fused-ring (bicyclic) bond motifs is 1. The summed E-state index contributed by atoms with van der Waals surface area (Å²) in [6, 6.07) is 13.5. The molecule has 2 heterocycles. The van der Waals surface area contributed by atoms with Crippen LogP contribution in [0.2, 0.25) is 10.0 Å². The van der Waals surface area contributed by atoms with E-state index in [0.29, 0.717) is 22.5 Å². The molecule has 0 amide bonds. The number of aromatic nitrogens is 2. The van der Waals surface area contributed by atoms with Crippen molar-refractivity contribution in [2.24, 2.45) is 0 Å². The van der Waals surface area contributed by atoms with Gasteiger partial charge in [-0.3, -0.25) is 0 Å². The maximum absolute atomic E-state index is 6.17. The fraction of sp³-hybridized carbons (Fsp3) is 0.182. The lowest BCUT2D eigenvalue weighted by Crippen LogP contribution is -1.98. The zero-order valence-corrected chi connectivity index (χ0v) is 18.5. The van der Waals surface area contributed by atoms with E-state index in [9.17, 15) is 0 Å². The van der Waals surface area contributed by atoms with Crippen LogP contribution in [-0.2, 0) is 0 Å². The highest BCUT2D eigenvalue weighted by Gasteiger charge is 2.18. The first-order chi connectivity index (χ1) is 13.9. The lowest BCUT2D eigenvalue weighted by atomic mass is 10.0. The molecule has 2 aromatic carbocycles. The molecule has 0 aliphatic carbocycles. The number of ether oxygens (including phenoxy) is 1. The summed E-state index contributed by atoms with van der Waals surface area (Å²) in [6.07, 6.45) is 0. The number of hydrogen-bond donors (Lipinski definition) is 1. The molecule has 0 saturated carbocycles. The molecule has 0 saturated heterocycles. The number of aryl methyl sites for hydroxylation is 2. The molecule has 0 fully saturated rings. The molecule has 0 aliphatic rings. The van der Waals surface area contributed by atoms with Crippen LogP contribution in [0.25, 0.3) is 21.3 Å². The van der Waals surface area contributed by atoms with E-state index in [1.165, 1.54) is 4.88 Å². The number of halogens is 2. The zero-order chi connectivity index (χ0) is 20.5. The minimum Gasteiger partial charge on any atom is -0.494 e. The van der Waals surface area contributed by atoms with Gasteiger partial charge in [0.05, 0.1) is 12.0 Å². The third kappa shape index (κ3) is 4.17. The summed E-state index contributed by atoms with van der Waals surface area (Å²) < 4.78 is 5.58. The molecule has 4 nitrogen and oxygen atoms in total. The van der Waals surface area contributed by atoms with Gasteiger partial charge in [-0.2, -0.15) is 0 Å². The van der Waals surface area contributed by atoms with Crippen LogP contribution in [0.4, 0.5) is 11.5 Å². The molecule has 0 unspecified atom stereocenters. The summed E-state index contributed by atoms with van der Waals surface area (Å²) >= 11 is 14.0. The Hall–Kier alpha value is -2.34. The average Bonchev–Trinajstić information content (AvgIpc) is 2.97. The minimum atomic E-state index is 0.565. The van der Waals surface area contributed by atoms with Crippen molar-refractivity contribution in [1.82, 2.24) is 9.97 Å². The van der Waals surface area contributed by atoms with Gasteiger partial charge < -0.3 is 10.1 Å². The molecule has 0 atom stereocenters. The average molecular weight is 444 g/mol. The van der Waals surface area contributed by atoms with Crippen LogP contribution in [0, 0.1) is 13.8 Å². The molecule has 2 aromatic heterocycles. The Morgan fingerprint density at radius 2 is 1.69 bits per heavy atom. The summed E-state index contributed by atoms with van der Waals surface area (Å²) in [5.74, 6) is 2.29. The van der Waals surface area contributed by atoms with Crippen LogP contribution >= 0.6 is 34.5 Å². The summed E-state index contributed by atoms with van der Waals surface area (Å²) in [7, 11) is 0. The Morgan fingerprint density at radius 3 is 2.34 bits per heavy atom. The van der Waals surface area contributed by atoms with Crippen LogP contribution in [-0.4, -0.2) is 16.6 Å². The molecule has 0 aliphatic heterocycles. The van der Waals surface area contributed by atoms with Crippen molar-refractivity contribution in [3.05, 3.63) is 63.2 Å². The van der Waals surface area contributed by atoms with E-state index >= 15 is 0 Å². The highest BCUT2D eigenvalue weighted by Crippen LogP contribution is 2.42. The normalized spacial score (nSPS) is 11.1. The number of nitrogens with one attached hydrogen (secondary N) is 1. The standard InChI is InChI=1S/C22H19Cl2N3OS/c1-4-28-18-7-5-14(6-8-18)19-12(2)29-22-20(19)21(25-13(3)26-22)27-17-10-15(23)9-16(24)11-17/h5-11H,4H2,1-3H3,(H,25,26,27). The van der Waals surface area contributed by atoms with Crippen molar-refractivity contribution >= 4 is 56.3 Å². The third-order valence-electron chi connectivity index (χ3n) is 4.42. The topological polar surface area (TPSA) is 47.0 Å². The number of rotatable bonds is 5. The predicted molar refractivity (Wildman–Crippen MR) is 123 cm³/mol. The van der Waals surface area contributed by atoms with E-state index in [2.05, 4.69) is 34.3 Å². The Kier molecular flexibility index (Phi) is 5.63. The number of thiophene rings is 1. The van der Waals surface area contributed by atoms with Crippen molar-refractivity contribution < 1.29 is 4.74 Å². The van der Waals surface area contributed by atoms with Gasteiger partial charge in [0, 0.05) is 26.2 Å². The first-order valence-electron chi connectivity index (χ1n) is 9.18. The lowest BCUT2D eigenvalue weighted by molar-refractivity contribution is 0.340. The van der Waals surface area contributed by atoms with Gasteiger partial charge in [0.15, 0.2) is 0 Å². The maximum atomic E-state index is 6.17. The first-order valence-corrected chi connectivity index (χ1v) is 10.8. The Labute approximate surface area is 183 Å². The van der Waals surface area contributed by atoms with E-state index < -0.39 is 0 Å². The number of anilines is 2. The number of benzene rings is 2. The van der Waals surface area contributed by atoms with Gasteiger partial charge in [0.25, 0.3) is 0 Å². The molecule has 7 heteroatoms. The van der Waals surface area contributed by atoms with Gasteiger partial charge in [-0.25, -0.2) is 9.97 Å². The van der Waals surface area contributed by atoms with E-state index in [0.717, 1.165) is 38.6 Å². The third-order valence-corrected chi connectivity index (χ3v) is 5.85. The van der Waals surface area contributed by atoms with Crippen molar-refractivity contribution in [2.75, 3.05) is 11.9 Å². The molecule has 4 rings (SSSR count). The van der Waals surface area contributed by atoms with E-state index in [1.54, 1.807) is 17.4 Å². The molecular formula is C22H19Cl2N3OS. The second kappa shape index (κ2) is 8.19. The molecule has 0 radical (unpaired) electrons. The van der Waals surface area contributed by atoms with Crippen molar-refractivity contribution in [1.29, 1.82) is 0 Å². The summed E-state index contributed by atoms with van der Waals surface area (Å²) in [5, 5.41) is 5.50. The van der Waals surface area contributed by atoms with Crippen LogP contribution in [0.3, 0.4) is 0 Å². The second-order valence-corrected chi connectivity index (χ2v) is 8.65. The van der Waals surface area contributed by atoms with Crippen molar-refractivity contribution in [2.45, 2.75) is 20.8 Å². The molecule has 4 aromatic rings. The molecule has 1 N–H and O–H groups in total. The van der Waals surface area contributed by atoms with Gasteiger partial charge in [-0.05, 0) is 56.7 Å².